The van der Waals surface area contributed by atoms with Gasteiger partial charge in [-0.25, -0.2) is 0 Å². The minimum absolute atomic E-state index is 0. The first-order valence-electron chi connectivity index (χ1n) is 23.0. The molecule has 0 radical (unpaired) electrons. The third kappa shape index (κ3) is 52.6. The Morgan fingerprint density at radius 3 is 1.43 bits per heavy atom. The molecular weight excluding hydrogens is 953 g/mol. The van der Waals surface area contributed by atoms with Crippen molar-refractivity contribution in [2.45, 2.75) is 200 Å². The van der Waals surface area contributed by atoms with Crippen molar-refractivity contribution in [3.63, 3.8) is 0 Å². The second kappa shape index (κ2) is 49.9. The first-order chi connectivity index (χ1) is 27.7. The molecule has 10 heteroatoms. The monoisotopic (exact) mass is 1040 g/mol. The zero-order valence-electron chi connectivity index (χ0n) is 38.4. The molecule has 0 saturated heterocycles. The number of carbonyl (C=O) groups is 3. The Kier molecular flexibility index (Phi) is 52.3. The third-order valence-electron chi connectivity index (χ3n) is 9.57. The van der Waals surface area contributed by atoms with Gasteiger partial charge in [0, 0.05) is 19.3 Å². The second-order valence-electron chi connectivity index (χ2n) is 16.0. The fourth-order valence-electron chi connectivity index (χ4n) is 6.03. The molecular formula is C48H89N3O6U. The van der Waals surface area contributed by atoms with Crippen LogP contribution in [-0.2, 0) is 28.7 Å². The fraction of sp³-hybridized carbons (Fsp3) is 0.812. The van der Waals surface area contributed by atoms with Crippen molar-refractivity contribution in [2.24, 2.45) is 0 Å². The quantitative estimate of drug-likeness (QED) is 0.0280. The zero-order valence-corrected chi connectivity index (χ0v) is 42.6. The molecule has 0 fully saturated rings. The Bertz CT molecular complexity index is 975. The van der Waals surface area contributed by atoms with Crippen LogP contribution in [0, 0.1) is 37.5 Å². The van der Waals surface area contributed by atoms with Gasteiger partial charge in [0.05, 0.1) is 6.61 Å². The molecule has 0 rings (SSSR count). The molecule has 336 valence electrons. The molecule has 0 aliphatic carbocycles. The van der Waals surface area contributed by atoms with E-state index in [9.17, 15) is 19.2 Å². The van der Waals surface area contributed by atoms with Crippen molar-refractivity contribution in [3.8, 4) is 0 Å². The molecule has 0 aromatic carbocycles. The van der Waals surface area contributed by atoms with Gasteiger partial charge in [-0.2, -0.15) is 6.42 Å². The van der Waals surface area contributed by atoms with Gasteiger partial charge in [-0.1, -0.05) is 128 Å². The minimum atomic E-state index is -0.492. The summed E-state index contributed by atoms with van der Waals surface area (Å²) in [7, 11) is 7.94. The van der Waals surface area contributed by atoms with Gasteiger partial charge < -0.3 is 29.4 Å². The number of nitrogens with one attached hydrogen (secondary N) is 1. The van der Waals surface area contributed by atoms with E-state index in [-0.39, 0.29) is 62.2 Å². The van der Waals surface area contributed by atoms with Gasteiger partial charge in [0.15, 0.2) is 0 Å². The summed E-state index contributed by atoms with van der Waals surface area (Å²) in [5.74, 6) is -0.574. The predicted molar refractivity (Wildman–Crippen MR) is 240 cm³/mol. The molecule has 0 spiro atoms. The largest absolute Gasteiger partial charge is 2.00 e. The molecule has 0 bridgehead atoms. The van der Waals surface area contributed by atoms with Crippen molar-refractivity contribution in [1.82, 2.24) is 15.1 Å². The molecule has 58 heavy (non-hydrogen) atoms. The number of allylic oxidation sites excluding steroid dienone is 4. The summed E-state index contributed by atoms with van der Waals surface area (Å²) < 4.78 is 10.9. The first-order valence-corrected chi connectivity index (χ1v) is 23.0. The predicted octanol–water partition coefficient (Wildman–Crippen LogP) is 11.1. The average Bonchev–Trinajstić information content (AvgIpc) is 3.17. The number of hydrogen-bond donors (Lipinski definition) is 1. The van der Waals surface area contributed by atoms with Crippen LogP contribution >= 0.6 is 0 Å². The Labute approximate surface area is 381 Å². The summed E-state index contributed by atoms with van der Waals surface area (Å²) >= 11 is 0. The molecule has 1 unspecified atom stereocenters. The van der Waals surface area contributed by atoms with Gasteiger partial charge in [-0.05, 0) is 119 Å². The summed E-state index contributed by atoms with van der Waals surface area (Å²) in [6.07, 6.45) is 42.2. The summed E-state index contributed by atoms with van der Waals surface area (Å²) in [6, 6.07) is -0.492. The Morgan fingerprint density at radius 1 is 0.569 bits per heavy atom. The number of rotatable bonds is 40. The smallest absolute Gasteiger partial charge is 0.542 e. The molecule has 1 N–H and O–H groups in total. The number of ether oxygens (including phenoxy) is 2. The van der Waals surface area contributed by atoms with E-state index in [0.717, 1.165) is 77.3 Å². The van der Waals surface area contributed by atoms with Crippen LogP contribution in [0.5, 0.6) is 0 Å². The van der Waals surface area contributed by atoms with Gasteiger partial charge in [0.1, 0.15) is 0 Å². The fourth-order valence-corrected chi connectivity index (χ4v) is 6.03. The van der Waals surface area contributed by atoms with E-state index in [0.29, 0.717) is 25.7 Å². The topological polar surface area (TPSA) is 105 Å². The zero-order chi connectivity index (χ0) is 42.5. The van der Waals surface area contributed by atoms with Gasteiger partial charge in [-0.15, -0.1) is 0 Å². The summed E-state index contributed by atoms with van der Waals surface area (Å²) in [5.41, 5.74) is 0. The van der Waals surface area contributed by atoms with Crippen LogP contribution in [0.1, 0.15) is 194 Å². The van der Waals surface area contributed by atoms with E-state index < -0.39 is 6.04 Å². The standard InChI is InChI=1S/C42H77N2O5.C6H12NO.U/c1-5-7-9-11-13-15-17-19-21-23-25-27-29-33-41(46)48-37-35-39(43-40(45)32-31-36-44(3)4)38-49-42(47)34-30-28-26-24-22-20-18-16-14-12-10-8-6-2;1-7(2)5-3-4-6-8;/h15-18,35,39H,5-14,19-34,36-38H2,1-4H3,(H,43,45);3-5H2,1-2H3;/q2*-1;+2/b17-15-,18-16-;;. The normalized spacial score (nSPS) is 11.7. The van der Waals surface area contributed by atoms with Crippen LogP contribution in [0.15, 0.2) is 24.3 Å². The number of nitrogens with zero attached hydrogens (tertiary/aromatic N) is 2. The molecule has 0 aliphatic rings. The minimum Gasteiger partial charge on any atom is -0.542 e. The molecule has 1 amide bonds. The summed E-state index contributed by atoms with van der Waals surface area (Å²) in [4.78, 5) is 51.0. The number of unbranched alkanes of at least 4 members (excludes halogenated alkanes) is 19. The first kappa shape index (κ1) is 60.8. The number of esters is 2. The molecule has 0 heterocycles. The van der Waals surface area contributed by atoms with E-state index in [1.54, 1.807) is 6.42 Å². The second-order valence-corrected chi connectivity index (χ2v) is 16.0. The molecule has 0 aromatic rings. The van der Waals surface area contributed by atoms with Gasteiger partial charge in [0.2, 0.25) is 5.91 Å². The summed E-state index contributed by atoms with van der Waals surface area (Å²) in [6.45, 7) is 6.42. The maximum atomic E-state index is 12.5. The van der Waals surface area contributed by atoms with Crippen molar-refractivity contribution < 1.29 is 59.8 Å². The molecule has 0 saturated carbocycles. The maximum Gasteiger partial charge on any atom is 2.00 e. The Balaban J connectivity index is -0.00000301. The van der Waals surface area contributed by atoms with E-state index >= 15 is 0 Å². The van der Waals surface area contributed by atoms with Gasteiger partial charge >= 0.3 is 43.1 Å². The van der Waals surface area contributed by atoms with E-state index in [2.05, 4.69) is 48.4 Å². The third-order valence-corrected chi connectivity index (χ3v) is 9.57. The van der Waals surface area contributed by atoms with Crippen LogP contribution < -0.4 is 5.32 Å². The SMILES string of the molecule is CCCCCC/C=C\CCCCCCCC(=O)OC[CH-]C(COC(=O)CCCCCCC/C=C\CCCCCC)NC(=O)CCCN(C)C.CN(C)CCC[C-]=O.[U+2]. The maximum absolute atomic E-state index is 12.5. The van der Waals surface area contributed by atoms with Crippen molar-refractivity contribution >= 4 is 24.1 Å². The average molecular weight is 1040 g/mol. The van der Waals surface area contributed by atoms with Crippen LogP contribution in [0.4, 0.5) is 0 Å². The number of carbonyl (C=O) groups excluding carboxylic acids is 4. The summed E-state index contributed by atoms with van der Waals surface area (Å²) in [5, 5.41) is 2.94. The van der Waals surface area contributed by atoms with Crippen molar-refractivity contribution in [2.75, 3.05) is 54.5 Å². The van der Waals surface area contributed by atoms with Gasteiger partial charge in [0.25, 0.3) is 0 Å². The Morgan fingerprint density at radius 2 is 0.983 bits per heavy atom. The van der Waals surface area contributed by atoms with Crippen molar-refractivity contribution in [3.05, 3.63) is 30.7 Å². The van der Waals surface area contributed by atoms with Crippen LogP contribution in [0.25, 0.3) is 0 Å². The number of hydrogen-bond acceptors (Lipinski definition) is 8. The van der Waals surface area contributed by atoms with Crippen LogP contribution in [-0.4, -0.2) is 94.5 Å². The molecule has 9 nitrogen and oxygen atoms in total. The molecule has 0 aliphatic heterocycles. The molecule has 0 aromatic heterocycles. The van der Waals surface area contributed by atoms with E-state index in [1.807, 2.05) is 39.4 Å². The number of amides is 1. The van der Waals surface area contributed by atoms with Gasteiger partial charge in [-0.3, -0.25) is 27.1 Å². The molecule has 1 atom stereocenters. The Hall–Kier alpha value is -1.47. The van der Waals surface area contributed by atoms with Crippen LogP contribution in [0.2, 0.25) is 0 Å². The van der Waals surface area contributed by atoms with E-state index in [1.165, 1.54) is 89.9 Å². The van der Waals surface area contributed by atoms with Crippen molar-refractivity contribution in [1.29, 1.82) is 0 Å². The van der Waals surface area contributed by atoms with Crippen LogP contribution in [0.3, 0.4) is 0 Å². The van der Waals surface area contributed by atoms with E-state index in [4.69, 9.17) is 9.47 Å².